The Morgan fingerprint density at radius 2 is 1.81 bits per heavy atom. The van der Waals surface area contributed by atoms with Crippen LogP contribution < -0.4 is 9.73 Å². The van der Waals surface area contributed by atoms with Crippen molar-refractivity contribution in [3.8, 4) is 0 Å². The van der Waals surface area contributed by atoms with E-state index in [1.807, 2.05) is 12.1 Å². The molecule has 136 valence electrons. The lowest BCUT2D eigenvalue weighted by Crippen LogP contribution is -2.26. The van der Waals surface area contributed by atoms with E-state index >= 15 is 0 Å². The third-order valence-electron chi connectivity index (χ3n) is 3.75. The lowest BCUT2D eigenvalue weighted by atomic mass is 10.1. The molecule has 2 aromatic carbocycles. The van der Waals surface area contributed by atoms with Gasteiger partial charge in [-0.3, -0.25) is 9.73 Å². The van der Waals surface area contributed by atoms with Crippen LogP contribution in [0.25, 0.3) is 0 Å². The predicted octanol–water partition coefficient (Wildman–Crippen LogP) is 2.95. The zero-order valence-electron chi connectivity index (χ0n) is 14.2. The molecule has 0 saturated heterocycles. The number of nitrogens with one attached hydrogen (secondary N) is 1. The Bertz CT molecular complexity index is 955. The fourth-order valence-corrected chi connectivity index (χ4v) is 3.50. The van der Waals surface area contributed by atoms with Crippen LogP contribution in [0, 0.1) is 5.82 Å². The summed E-state index contributed by atoms with van der Waals surface area (Å²) < 4.78 is 37.3. The molecule has 0 saturated carbocycles. The Hall–Kier alpha value is -2.39. The number of hydrazone groups is 1. The highest BCUT2D eigenvalue weighted by Crippen LogP contribution is 2.21. The van der Waals surface area contributed by atoms with Gasteiger partial charge in [-0.05, 0) is 42.0 Å². The van der Waals surface area contributed by atoms with Crippen molar-refractivity contribution < 1.29 is 12.8 Å². The highest BCUT2D eigenvalue weighted by molar-refractivity contribution is 8.14. The molecule has 0 aliphatic carbocycles. The summed E-state index contributed by atoms with van der Waals surface area (Å²) in [6.45, 7) is 0. The van der Waals surface area contributed by atoms with Crippen LogP contribution in [0.5, 0.6) is 0 Å². The molecule has 1 heterocycles. The predicted molar refractivity (Wildman–Crippen MR) is 105 cm³/mol. The van der Waals surface area contributed by atoms with Crippen LogP contribution in [0.15, 0.2) is 58.6 Å². The average molecular weight is 392 g/mol. The summed E-state index contributed by atoms with van der Waals surface area (Å²) in [5.74, 6) is 0.317. The Morgan fingerprint density at radius 1 is 1.15 bits per heavy atom. The number of rotatable bonds is 4. The first-order valence-corrected chi connectivity index (χ1v) is 10.5. The molecule has 26 heavy (non-hydrogen) atoms. The van der Waals surface area contributed by atoms with Crippen molar-refractivity contribution in [2.45, 2.75) is 0 Å². The van der Waals surface area contributed by atoms with Crippen molar-refractivity contribution in [1.29, 1.82) is 0 Å². The van der Waals surface area contributed by atoms with Crippen LogP contribution in [-0.2, 0) is 10.0 Å². The molecular weight excluding hydrogens is 375 g/mol. The van der Waals surface area contributed by atoms with Crippen molar-refractivity contribution in [2.75, 3.05) is 23.4 Å². The fourth-order valence-electron chi connectivity index (χ4n) is 2.21. The van der Waals surface area contributed by atoms with Gasteiger partial charge in [0.2, 0.25) is 10.0 Å². The summed E-state index contributed by atoms with van der Waals surface area (Å²) in [7, 11) is -1.77. The molecule has 6 nitrogen and oxygen atoms in total. The number of hydrogen-bond donors (Lipinski definition) is 1. The number of anilines is 1. The number of nitrogens with zero attached hydrogens (tertiary/aromatic N) is 3. The van der Waals surface area contributed by atoms with Crippen LogP contribution >= 0.6 is 11.8 Å². The van der Waals surface area contributed by atoms with E-state index in [-0.39, 0.29) is 5.82 Å². The third kappa shape index (κ3) is 4.41. The van der Waals surface area contributed by atoms with Crippen LogP contribution in [0.3, 0.4) is 0 Å². The minimum atomic E-state index is -3.29. The summed E-state index contributed by atoms with van der Waals surface area (Å²) in [6.07, 6.45) is 1.16. The number of hydrogen-bond acceptors (Lipinski definition) is 5. The summed E-state index contributed by atoms with van der Waals surface area (Å²) in [6, 6.07) is 13.1. The summed E-state index contributed by atoms with van der Waals surface area (Å²) >= 11 is 1.49. The molecule has 9 heteroatoms. The monoisotopic (exact) mass is 392 g/mol. The molecule has 0 fully saturated rings. The van der Waals surface area contributed by atoms with Gasteiger partial charge in [-0.1, -0.05) is 23.9 Å². The van der Waals surface area contributed by atoms with E-state index < -0.39 is 10.0 Å². The second-order valence-electron chi connectivity index (χ2n) is 5.63. The van der Waals surface area contributed by atoms with Gasteiger partial charge < -0.3 is 0 Å². The first-order valence-electron chi connectivity index (χ1n) is 7.67. The summed E-state index contributed by atoms with van der Waals surface area (Å²) in [5, 5.41) is 4.96. The second-order valence-corrected chi connectivity index (χ2v) is 8.61. The van der Waals surface area contributed by atoms with E-state index in [9.17, 15) is 12.8 Å². The molecule has 0 atom stereocenters. The maximum Gasteiger partial charge on any atom is 0.231 e. The first-order chi connectivity index (χ1) is 12.3. The second kappa shape index (κ2) is 7.46. The maximum absolute atomic E-state index is 12.9. The molecule has 0 radical (unpaired) electrons. The van der Waals surface area contributed by atoms with Crippen LogP contribution in [0.4, 0.5) is 15.8 Å². The quantitative estimate of drug-likeness (QED) is 0.868. The largest absolute Gasteiger partial charge is 0.274 e. The number of thioether (sulfide) groups is 1. The SMILES string of the molecule is CN(c1ccc(C2=NNC(=Nc3ccc(F)cc3)SC2)cc1)S(C)(=O)=O. The van der Waals surface area contributed by atoms with Gasteiger partial charge in [-0.2, -0.15) is 5.10 Å². The molecule has 3 rings (SSSR count). The normalized spacial score (nSPS) is 16.1. The molecule has 1 aliphatic rings. The molecule has 0 amide bonds. The fraction of sp³-hybridized carbons (Fsp3) is 0.176. The average Bonchev–Trinajstić information content (AvgIpc) is 2.63. The molecule has 0 unspecified atom stereocenters. The van der Waals surface area contributed by atoms with Crippen LogP contribution in [0.2, 0.25) is 0 Å². The van der Waals surface area contributed by atoms with Gasteiger partial charge in [-0.15, -0.1) is 0 Å². The Kier molecular flexibility index (Phi) is 5.28. The van der Waals surface area contributed by atoms with Crippen molar-refractivity contribution in [3.05, 3.63) is 59.9 Å². The van der Waals surface area contributed by atoms with E-state index in [0.717, 1.165) is 17.5 Å². The van der Waals surface area contributed by atoms with Crippen molar-refractivity contribution >= 4 is 44.0 Å². The van der Waals surface area contributed by atoms with Gasteiger partial charge in [0, 0.05) is 12.8 Å². The molecule has 2 aromatic rings. The Balaban J connectivity index is 1.72. The van der Waals surface area contributed by atoms with Crippen LogP contribution in [0.1, 0.15) is 5.56 Å². The zero-order valence-corrected chi connectivity index (χ0v) is 15.8. The van der Waals surface area contributed by atoms with Gasteiger partial charge in [-0.25, -0.2) is 17.8 Å². The Labute approximate surface area is 155 Å². The summed E-state index contributed by atoms with van der Waals surface area (Å²) in [5.41, 5.74) is 5.86. The van der Waals surface area contributed by atoms with Gasteiger partial charge in [0.25, 0.3) is 0 Å². The van der Waals surface area contributed by atoms with E-state index in [1.165, 1.54) is 35.2 Å². The van der Waals surface area contributed by atoms with Gasteiger partial charge in [0.05, 0.1) is 23.3 Å². The molecule has 1 aliphatic heterocycles. The highest BCUT2D eigenvalue weighted by atomic mass is 32.2. The highest BCUT2D eigenvalue weighted by Gasteiger charge is 2.15. The number of aliphatic imine (C=N–C) groups is 1. The number of halogens is 1. The van der Waals surface area contributed by atoms with Crippen molar-refractivity contribution in [1.82, 2.24) is 5.43 Å². The van der Waals surface area contributed by atoms with Crippen LogP contribution in [-0.4, -0.2) is 38.4 Å². The molecule has 0 spiro atoms. The number of sulfonamides is 1. The topological polar surface area (TPSA) is 74.1 Å². The summed E-state index contributed by atoms with van der Waals surface area (Å²) in [4.78, 5) is 4.37. The standard InChI is InChI=1S/C17H17FN4O2S2/c1-22(26(2,23)24)15-9-3-12(4-10-15)16-11-25-17(21-20-16)19-14-7-5-13(18)6-8-14/h3-10H,11H2,1-2H3,(H,19,21). The minimum Gasteiger partial charge on any atom is -0.274 e. The molecule has 0 aromatic heterocycles. The van der Waals surface area contributed by atoms with Gasteiger partial charge in [0.1, 0.15) is 5.82 Å². The first kappa shape index (κ1) is 18.4. The zero-order chi connectivity index (χ0) is 18.7. The number of benzene rings is 2. The van der Waals surface area contributed by atoms with E-state index in [4.69, 9.17) is 0 Å². The lowest BCUT2D eigenvalue weighted by molar-refractivity contribution is 0.600. The van der Waals surface area contributed by atoms with Crippen molar-refractivity contribution in [3.63, 3.8) is 0 Å². The van der Waals surface area contributed by atoms with Crippen molar-refractivity contribution in [2.24, 2.45) is 10.1 Å². The molecule has 0 bridgehead atoms. The third-order valence-corrected chi connectivity index (χ3v) is 5.83. The van der Waals surface area contributed by atoms with Gasteiger partial charge >= 0.3 is 0 Å². The Morgan fingerprint density at radius 3 is 2.35 bits per heavy atom. The molecular formula is C17H17FN4O2S2. The lowest BCUT2D eigenvalue weighted by Gasteiger charge is -2.18. The molecule has 1 N–H and O–H groups in total. The van der Waals surface area contributed by atoms with E-state index in [1.54, 1.807) is 24.3 Å². The minimum absolute atomic E-state index is 0.302. The van der Waals surface area contributed by atoms with E-state index in [0.29, 0.717) is 22.3 Å². The van der Waals surface area contributed by atoms with E-state index in [2.05, 4.69) is 15.5 Å². The maximum atomic E-state index is 12.9. The van der Waals surface area contributed by atoms with Gasteiger partial charge in [0.15, 0.2) is 5.17 Å². The number of amidine groups is 1. The smallest absolute Gasteiger partial charge is 0.231 e.